The summed E-state index contributed by atoms with van der Waals surface area (Å²) in [7, 11) is 0. The molecule has 2 amide bonds. The summed E-state index contributed by atoms with van der Waals surface area (Å²) >= 11 is 16.7. The highest BCUT2D eigenvalue weighted by molar-refractivity contribution is 7.80. The SMILES string of the molecule is CC(Oc1ccc(Cl)cc1Cl)C(=O)NC(=S)NNC(=O)c1cccc([N+](=O)[O-])c1. The van der Waals surface area contributed by atoms with E-state index in [-0.39, 0.29) is 27.1 Å². The first kappa shape index (κ1) is 22.3. The highest BCUT2D eigenvalue weighted by Gasteiger charge is 2.18. The quantitative estimate of drug-likeness (QED) is 0.358. The Morgan fingerprint density at radius 2 is 1.90 bits per heavy atom. The van der Waals surface area contributed by atoms with E-state index in [1.165, 1.54) is 37.3 Å². The molecule has 0 radical (unpaired) electrons. The Hall–Kier alpha value is -2.95. The van der Waals surface area contributed by atoms with Crippen LogP contribution < -0.4 is 20.9 Å². The Morgan fingerprint density at radius 3 is 2.55 bits per heavy atom. The predicted molar refractivity (Wildman–Crippen MR) is 111 cm³/mol. The molecule has 9 nitrogen and oxygen atoms in total. The third-order valence-corrected chi connectivity index (χ3v) is 4.15. The van der Waals surface area contributed by atoms with Crippen molar-refractivity contribution in [3.05, 3.63) is 68.2 Å². The van der Waals surface area contributed by atoms with E-state index in [9.17, 15) is 19.7 Å². The first-order valence-corrected chi connectivity index (χ1v) is 9.11. The molecule has 29 heavy (non-hydrogen) atoms. The van der Waals surface area contributed by atoms with Gasteiger partial charge in [0.05, 0.1) is 9.95 Å². The van der Waals surface area contributed by atoms with Crippen molar-refractivity contribution in [2.24, 2.45) is 0 Å². The number of nitrogens with one attached hydrogen (secondary N) is 3. The maximum atomic E-state index is 12.1. The lowest BCUT2D eigenvalue weighted by Crippen LogP contribution is -2.51. The van der Waals surface area contributed by atoms with Crippen molar-refractivity contribution < 1.29 is 19.2 Å². The number of carbonyl (C=O) groups is 2. The highest BCUT2D eigenvalue weighted by atomic mass is 35.5. The fourth-order valence-corrected chi connectivity index (χ4v) is 2.61. The van der Waals surface area contributed by atoms with Crippen LogP contribution in [0.15, 0.2) is 42.5 Å². The molecule has 3 N–H and O–H groups in total. The third kappa shape index (κ3) is 6.56. The zero-order valence-electron chi connectivity index (χ0n) is 14.8. The van der Waals surface area contributed by atoms with Crippen LogP contribution in [0.2, 0.25) is 10.0 Å². The molecule has 1 unspecified atom stereocenters. The highest BCUT2D eigenvalue weighted by Crippen LogP contribution is 2.28. The fraction of sp³-hybridized carbons (Fsp3) is 0.118. The largest absolute Gasteiger partial charge is 0.479 e. The number of amides is 2. The minimum atomic E-state index is -0.958. The second-order valence-electron chi connectivity index (χ2n) is 5.54. The smallest absolute Gasteiger partial charge is 0.270 e. The number of rotatable bonds is 5. The van der Waals surface area contributed by atoms with Gasteiger partial charge in [-0.15, -0.1) is 0 Å². The average Bonchev–Trinajstić information content (AvgIpc) is 2.68. The van der Waals surface area contributed by atoms with E-state index in [1.807, 2.05) is 0 Å². The maximum Gasteiger partial charge on any atom is 0.270 e. The molecule has 0 heterocycles. The van der Waals surface area contributed by atoms with Gasteiger partial charge in [0.15, 0.2) is 11.2 Å². The molecule has 0 aliphatic rings. The molecule has 0 aliphatic heterocycles. The summed E-state index contributed by atoms with van der Waals surface area (Å²) in [6, 6.07) is 9.66. The number of ether oxygens (including phenoxy) is 1. The number of nitro benzene ring substituents is 1. The van der Waals surface area contributed by atoms with Crippen molar-refractivity contribution in [2.45, 2.75) is 13.0 Å². The predicted octanol–water partition coefficient (Wildman–Crippen LogP) is 3.00. The number of benzene rings is 2. The molecule has 2 rings (SSSR count). The number of thiocarbonyl (C=S) groups is 1. The van der Waals surface area contributed by atoms with Gasteiger partial charge in [0.1, 0.15) is 5.75 Å². The van der Waals surface area contributed by atoms with E-state index in [2.05, 4.69) is 16.2 Å². The lowest BCUT2D eigenvalue weighted by atomic mass is 10.2. The topological polar surface area (TPSA) is 123 Å². The maximum absolute atomic E-state index is 12.1. The monoisotopic (exact) mass is 456 g/mol. The van der Waals surface area contributed by atoms with Crippen LogP contribution in [0.25, 0.3) is 0 Å². The Labute approximate surface area is 180 Å². The molecule has 12 heteroatoms. The lowest BCUT2D eigenvalue weighted by molar-refractivity contribution is -0.384. The molecule has 2 aromatic carbocycles. The van der Waals surface area contributed by atoms with Gasteiger partial charge in [-0.3, -0.25) is 35.9 Å². The van der Waals surface area contributed by atoms with Crippen LogP contribution in [0.5, 0.6) is 5.75 Å². The van der Waals surface area contributed by atoms with Crippen molar-refractivity contribution in [1.82, 2.24) is 16.2 Å². The molecule has 0 fully saturated rings. The molecule has 152 valence electrons. The van der Waals surface area contributed by atoms with Gasteiger partial charge in [0.25, 0.3) is 17.5 Å². The van der Waals surface area contributed by atoms with Crippen LogP contribution in [-0.2, 0) is 4.79 Å². The van der Waals surface area contributed by atoms with Gasteiger partial charge in [-0.1, -0.05) is 29.3 Å². The summed E-state index contributed by atoms with van der Waals surface area (Å²) in [5, 5.41) is 13.5. The second-order valence-corrected chi connectivity index (χ2v) is 6.79. The molecule has 2 aromatic rings. The molecule has 0 aliphatic carbocycles. The van der Waals surface area contributed by atoms with Crippen LogP contribution in [0, 0.1) is 10.1 Å². The summed E-state index contributed by atoms with van der Waals surface area (Å²) in [4.78, 5) is 34.3. The van der Waals surface area contributed by atoms with Crippen molar-refractivity contribution in [3.63, 3.8) is 0 Å². The van der Waals surface area contributed by atoms with Crippen molar-refractivity contribution in [1.29, 1.82) is 0 Å². The molecule has 0 saturated heterocycles. The van der Waals surface area contributed by atoms with Crippen LogP contribution in [0.3, 0.4) is 0 Å². The minimum absolute atomic E-state index is 0.0370. The number of nitrogens with zero attached hydrogens (tertiary/aromatic N) is 1. The summed E-state index contributed by atoms with van der Waals surface area (Å²) in [5.74, 6) is -1.02. The molecule has 0 aromatic heterocycles. The summed E-state index contributed by atoms with van der Waals surface area (Å²) < 4.78 is 5.45. The van der Waals surface area contributed by atoms with Crippen LogP contribution >= 0.6 is 35.4 Å². The Morgan fingerprint density at radius 1 is 1.17 bits per heavy atom. The van der Waals surface area contributed by atoms with Gasteiger partial charge in [0.2, 0.25) is 0 Å². The first-order chi connectivity index (χ1) is 13.7. The van der Waals surface area contributed by atoms with E-state index in [0.717, 1.165) is 6.07 Å². The van der Waals surface area contributed by atoms with Gasteiger partial charge < -0.3 is 4.74 Å². The summed E-state index contributed by atoms with van der Waals surface area (Å²) in [6.07, 6.45) is -0.958. The standard InChI is InChI=1S/C17H14Cl2N4O5S/c1-9(28-14-6-5-11(18)8-13(14)19)15(24)20-17(29)22-21-16(25)10-3-2-4-12(7-10)23(26)27/h2-9H,1H3,(H,21,25)(H2,20,22,24,29). The summed E-state index contributed by atoms with van der Waals surface area (Å²) in [5.41, 5.74) is 4.36. The molecule has 0 bridgehead atoms. The minimum Gasteiger partial charge on any atom is -0.479 e. The number of carbonyl (C=O) groups excluding carboxylic acids is 2. The first-order valence-electron chi connectivity index (χ1n) is 7.94. The van der Waals surface area contributed by atoms with Crippen LogP contribution in [0.4, 0.5) is 5.69 Å². The molecule has 0 spiro atoms. The number of nitro groups is 1. The zero-order valence-corrected chi connectivity index (χ0v) is 17.1. The lowest BCUT2D eigenvalue weighted by Gasteiger charge is -2.16. The summed E-state index contributed by atoms with van der Waals surface area (Å²) in [6.45, 7) is 1.48. The Bertz CT molecular complexity index is 973. The van der Waals surface area contributed by atoms with Gasteiger partial charge in [-0.25, -0.2) is 0 Å². The number of halogens is 2. The second kappa shape index (κ2) is 10.0. The number of hydrogen-bond donors (Lipinski definition) is 3. The van der Waals surface area contributed by atoms with Crippen molar-refractivity contribution >= 4 is 58.0 Å². The van der Waals surface area contributed by atoms with E-state index >= 15 is 0 Å². The van der Waals surface area contributed by atoms with Crippen LogP contribution in [-0.4, -0.2) is 28.0 Å². The van der Waals surface area contributed by atoms with Crippen LogP contribution in [0.1, 0.15) is 17.3 Å². The van der Waals surface area contributed by atoms with Gasteiger partial charge in [-0.2, -0.15) is 0 Å². The van der Waals surface area contributed by atoms with Gasteiger partial charge in [0, 0.05) is 22.7 Å². The van der Waals surface area contributed by atoms with Crippen molar-refractivity contribution in [3.8, 4) is 5.75 Å². The molecular weight excluding hydrogens is 443 g/mol. The zero-order chi connectivity index (χ0) is 21.6. The van der Waals surface area contributed by atoms with E-state index in [4.69, 9.17) is 40.2 Å². The van der Waals surface area contributed by atoms with Gasteiger partial charge in [-0.05, 0) is 43.4 Å². The Balaban J connectivity index is 1.86. The normalized spacial score (nSPS) is 11.1. The molecule has 1 atom stereocenters. The van der Waals surface area contributed by atoms with E-state index in [0.29, 0.717) is 5.02 Å². The molecular formula is C17H14Cl2N4O5S. The van der Waals surface area contributed by atoms with Crippen molar-refractivity contribution in [2.75, 3.05) is 0 Å². The Kier molecular flexibility index (Phi) is 7.71. The number of hydrazine groups is 1. The molecule has 0 saturated carbocycles. The number of hydrogen-bond acceptors (Lipinski definition) is 6. The van der Waals surface area contributed by atoms with E-state index in [1.54, 1.807) is 6.07 Å². The third-order valence-electron chi connectivity index (χ3n) is 3.41. The fourth-order valence-electron chi connectivity index (χ4n) is 2.01. The number of non-ortho nitro benzene ring substituents is 1. The van der Waals surface area contributed by atoms with E-state index < -0.39 is 22.8 Å². The average molecular weight is 457 g/mol. The van der Waals surface area contributed by atoms with Gasteiger partial charge >= 0.3 is 0 Å².